The van der Waals surface area contributed by atoms with Crippen molar-refractivity contribution in [3.63, 3.8) is 0 Å². The zero-order valence-corrected chi connectivity index (χ0v) is 9.92. The second kappa shape index (κ2) is 5.12. The fourth-order valence-corrected chi connectivity index (χ4v) is 1.34. The molecular formula is C12H15F2NO2. The van der Waals surface area contributed by atoms with Crippen LogP contribution in [0.2, 0.25) is 0 Å². The summed E-state index contributed by atoms with van der Waals surface area (Å²) in [5.74, 6) is -2.80. The number of anilines is 1. The molecule has 0 aliphatic carbocycles. The van der Waals surface area contributed by atoms with Crippen molar-refractivity contribution in [2.24, 2.45) is 5.92 Å². The number of benzene rings is 1. The molecule has 0 saturated carbocycles. The van der Waals surface area contributed by atoms with Gasteiger partial charge in [-0.2, -0.15) is 0 Å². The zero-order chi connectivity index (χ0) is 13.2. The number of aliphatic carboxylic acids is 1. The van der Waals surface area contributed by atoms with E-state index in [1.807, 2.05) is 0 Å². The molecule has 17 heavy (non-hydrogen) atoms. The number of hydrogen-bond acceptors (Lipinski definition) is 2. The Balaban J connectivity index is 2.88. The van der Waals surface area contributed by atoms with Crippen LogP contribution in [0.4, 0.5) is 14.5 Å². The summed E-state index contributed by atoms with van der Waals surface area (Å²) in [4.78, 5) is 10.7. The van der Waals surface area contributed by atoms with E-state index < -0.39 is 29.6 Å². The standard InChI is InChI=1S/C12H15F2NO2/c1-6-4-10(14)11(5-9(6)13)15-8(3)7(2)12(16)17/h4-5,7-8,15H,1-3H3,(H,16,17). The lowest BCUT2D eigenvalue weighted by atomic mass is 10.0. The van der Waals surface area contributed by atoms with E-state index in [1.165, 1.54) is 13.8 Å². The van der Waals surface area contributed by atoms with Gasteiger partial charge >= 0.3 is 5.97 Å². The van der Waals surface area contributed by atoms with Crippen molar-refractivity contribution in [3.05, 3.63) is 29.3 Å². The van der Waals surface area contributed by atoms with E-state index in [2.05, 4.69) is 5.32 Å². The molecule has 0 aromatic heterocycles. The number of carboxylic acid groups (broad SMARTS) is 1. The monoisotopic (exact) mass is 243 g/mol. The van der Waals surface area contributed by atoms with Crippen LogP contribution in [0.15, 0.2) is 12.1 Å². The summed E-state index contributed by atoms with van der Waals surface area (Å²) in [5.41, 5.74) is 0.195. The number of nitrogens with one attached hydrogen (secondary N) is 1. The van der Waals surface area contributed by atoms with Gasteiger partial charge in [-0.25, -0.2) is 8.78 Å². The number of aryl methyl sites for hydroxylation is 1. The van der Waals surface area contributed by atoms with Crippen LogP contribution < -0.4 is 5.32 Å². The molecule has 0 amide bonds. The lowest BCUT2D eigenvalue weighted by Gasteiger charge is -2.19. The third-order valence-electron chi connectivity index (χ3n) is 2.77. The van der Waals surface area contributed by atoms with Crippen molar-refractivity contribution in [1.29, 1.82) is 0 Å². The summed E-state index contributed by atoms with van der Waals surface area (Å²) in [7, 11) is 0. The Hall–Kier alpha value is -1.65. The van der Waals surface area contributed by atoms with E-state index in [-0.39, 0.29) is 11.3 Å². The number of carbonyl (C=O) groups is 1. The molecular weight excluding hydrogens is 228 g/mol. The maximum Gasteiger partial charge on any atom is 0.308 e. The molecule has 94 valence electrons. The second-order valence-electron chi connectivity index (χ2n) is 4.14. The van der Waals surface area contributed by atoms with Crippen molar-refractivity contribution < 1.29 is 18.7 Å². The van der Waals surface area contributed by atoms with Crippen LogP contribution in [0, 0.1) is 24.5 Å². The Morgan fingerprint density at radius 1 is 1.29 bits per heavy atom. The molecule has 1 aromatic rings. The summed E-state index contributed by atoms with van der Waals surface area (Å²) in [5, 5.41) is 11.5. The van der Waals surface area contributed by atoms with Gasteiger partial charge < -0.3 is 10.4 Å². The summed E-state index contributed by atoms with van der Waals surface area (Å²) in [6.45, 7) is 4.57. The molecule has 1 rings (SSSR count). The first-order valence-electron chi connectivity index (χ1n) is 5.28. The molecule has 2 atom stereocenters. The molecule has 5 heteroatoms. The first-order chi connectivity index (χ1) is 7.82. The molecule has 3 nitrogen and oxygen atoms in total. The Labute approximate surface area is 98.5 Å². The van der Waals surface area contributed by atoms with Gasteiger partial charge in [0.2, 0.25) is 0 Å². The van der Waals surface area contributed by atoms with Crippen molar-refractivity contribution >= 4 is 11.7 Å². The highest BCUT2D eigenvalue weighted by molar-refractivity contribution is 5.71. The predicted molar refractivity (Wildman–Crippen MR) is 61.0 cm³/mol. The minimum absolute atomic E-state index is 0.0197. The molecule has 2 unspecified atom stereocenters. The van der Waals surface area contributed by atoms with Crippen molar-refractivity contribution in [1.82, 2.24) is 0 Å². The third kappa shape index (κ3) is 3.15. The molecule has 2 N–H and O–H groups in total. The summed E-state index contributed by atoms with van der Waals surface area (Å²) >= 11 is 0. The molecule has 0 aliphatic rings. The predicted octanol–water partition coefficient (Wildman–Crippen LogP) is 2.79. The van der Waals surface area contributed by atoms with E-state index in [0.29, 0.717) is 0 Å². The van der Waals surface area contributed by atoms with Gasteiger partial charge in [0.25, 0.3) is 0 Å². The SMILES string of the molecule is Cc1cc(F)c(NC(C)C(C)C(=O)O)cc1F. The van der Waals surface area contributed by atoms with Crippen LogP contribution in [0.1, 0.15) is 19.4 Å². The van der Waals surface area contributed by atoms with Gasteiger partial charge in [-0.15, -0.1) is 0 Å². The van der Waals surface area contributed by atoms with Gasteiger partial charge in [-0.3, -0.25) is 4.79 Å². The van der Waals surface area contributed by atoms with Crippen LogP contribution in [0.25, 0.3) is 0 Å². The fraction of sp³-hybridized carbons (Fsp3) is 0.417. The Morgan fingerprint density at radius 3 is 2.41 bits per heavy atom. The largest absolute Gasteiger partial charge is 0.481 e. The van der Waals surface area contributed by atoms with Gasteiger partial charge in [0.15, 0.2) is 0 Å². The van der Waals surface area contributed by atoms with Gasteiger partial charge in [0, 0.05) is 12.1 Å². The average Bonchev–Trinajstić information content (AvgIpc) is 2.24. The number of carboxylic acids is 1. The molecule has 0 heterocycles. The first kappa shape index (κ1) is 13.4. The number of hydrogen-bond donors (Lipinski definition) is 2. The zero-order valence-electron chi connectivity index (χ0n) is 9.92. The Bertz CT molecular complexity index is 435. The second-order valence-corrected chi connectivity index (χ2v) is 4.14. The van der Waals surface area contributed by atoms with Crippen LogP contribution in [-0.4, -0.2) is 17.1 Å². The minimum Gasteiger partial charge on any atom is -0.481 e. The number of halogens is 2. The smallest absolute Gasteiger partial charge is 0.308 e. The normalized spacial score (nSPS) is 14.2. The Kier molecular flexibility index (Phi) is 4.04. The minimum atomic E-state index is -0.988. The quantitative estimate of drug-likeness (QED) is 0.854. The van der Waals surface area contributed by atoms with E-state index in [1.54, 1.807) is 6.92 Å². The third-order valence-corrected chi connectivity index (χ3v) is 2.77. The fourth-order valence-electron chi connectivity index (χ4n) is 1.34. The highest BCUT2D eigenvalue weighted by Crippen LogP contribution is 2.21. The average molecular weight is 243 g/mol. The summed E-state index contributed by atoms with van der Waals surface area (Å²) < 4.78 is 26.7. The van der Waals surface area contributed by atoms with E-state index in [0.717, 1.165) is 12.1 Å². The lowest BCUT2D eigenvalue weighted by molar-refractivity contribution is -0.141. The van der Waals surface area contributed by atoms with Crippen LogP contribution in [0.5, 0.6) is 0 Å². The Morgan fingerprint density at radius 2 is 1.88 bits per heavy atom. The van der Waals surface area contributed by atoms with E-state index >= 15 is 0 Å². The summed E-state index contributed by atoms with van der Waals surface area (Å²) in [6, 6.07) is 1.62. The van der Waals surface area contributed by atoms with Crippen LogP contribution in [-0.2, 0) is 4.79 Å². The topological polar surface area (TPSA) is 49.3 Å². The molecule has 0 saturated heterocycles. The lowest BCUT2D eigenvalue weighted by Crippen LogP contribution is -2.30. The highest BCUT2D eigenvalue weighted by Gasteiger charge is 2.20. The molecule has 0 fully saturated rings. The highest BCUT2D eigenvalue weighted by atomic mass is 19.1. The van der Waals surface area contributed by atoms with E-state index in [9.17, 15) is 13.6 Å². The number of rotatable bonds is 4. The van der Waals surface area contributed by atoms with Crippen molar-refractivity contribution in [2.45, 2.75) is 26.8 Å². The van der Waals surface area contributed by atoms with Crippen molar-refractivity contribution in [3.8, 4) is 0 Å². The van der Waals surface area contributed by atoms with Crippen LogP contribution >= 0.6 is 0 Å². The van der Waals surface area contributed by atoms with Crippen molar-refractivity contribution in [2.75, 3.05) is 5.32 Å². The molecule has 1 aromatic carbocycles. The molecule has 0 radical (unpaired) electrons. The maximum absolute atomic E-state index is 13.5. The van der Waals surface area contributed by atoms with Gasteiger partial charge in [0.05, 0.1) is 11.6 Å². The van der Waals surface area contributed by atoms with Gasteiger partial charge in [0.1, 0.15) is 11.6 Å². The van der Waals surface area contributed by atoms with Gasteiger partial charge in [-0.1, -0.05) is 0 Å². The molecule has 0 aliphatic heterocycles. The molecule has 0 bridgehead atoms. The van der Waals surface area contributed by atoms with E-state index in [4.69, 9.17) is 5.11 Å². The van der Waals surface area contributed by atoms with Gasteiger partial charge in [-0.05, 0) is 32.4 Å². The summed E-state index contributed by atoms with van der Waals surface area (Å²) in [6.07, 6.45) is 0. The van der Waals surface area contributed by atoms with Crippen LogP contribution in [0.3, 0.4) is 0 Å². The maximum atomic E-state index is 13.5. The first-order valence-corrected chi connectivity index (χ1v) is 5.28. The molecule has 0 spiro atoms.